The molecule has 2 heterocycles. The fourth-order valence-electron chi connectivity index (χ4n) is 4.33. The maximum absolute atomic E-state index is 13.0. The second-order valence-corrected chi connectivity index (χ2v) is 10.2. The minimum absolute atomic E-state index is 0.0612. The number of nitrogens with zero attached hydrogens (tertiary/aromatic N) is 2. The van der Waals surface area contributed by atoms with Gasteiger partial charge in [-0.25, -0.2) is 13.2 Å². The first-order valence-electron chi connectivity index (χ1n) is 10.6. The van der Waals surface area contributed by atoms with Crippen molar-refractivity contribution in [3.8, 4) is 0 Å². The Kier molecular flexibility index (Phi) is 8.53. The van der Waals surface area contributed by atoms with Crippen LogP contribution < -0.4 is 5.32 Å². The molecule has 200 valence electrons. The van der Waals surface area contributed by atoms with Crippen LogP contribution in [0.25, 0.3) is 0 Å². The predicted octanol–water partition coefficient (Wildman–Crippen LogP) is 0.465. The molecule has 3 rings (SSSR count). The van der Waals surface area contributed by atoms with Crippen LogP contribution in [-0.2, 0) is 33.9 Å². The SMILES string of the molecule is CCN(C[C@H]1N[C@@](C)(C(=O)OC)[C@H]2C(=O)N(C)C(=O)[C@@H]12)S(=O)(=O)c1ccccc1.O=C(O)C(F)(F)F. The van der Waals surface area contributed by atoms with Gasteiger partial charge in [-0.05, 0) is 19.1 Å². The molecule has 0 bridgehead atoms. The molecule has 0 spiro atoms. The summed E-state index contributed by atoms with van der Waals surface area (Å²) in [6.07, 6.45) is -5.08. The summed E-state index contributed by atoms with van der Waals surface area (Å²) in [6.45, 7) is 3.32. The number of carbonyl (C=O) groups is 4. The van der Waals surface area contributed by atoms with E-state index in [1.165, 1.54) is 37.5 Å². The van der Waals surface area contributed by atoms with Gasteiger partial charge in [0.05, 0.1) is 23.8 Å². The first-order chi connectivity index (χ1) is 16.5. The number of sulfonamides is 1. The Morgan fingerprint density at radius 2 is 1.72 bits per heavy atom. The number of benzene rings is 1. The van der Waals surface area contributed by atoms with Gasteiger partial charge < -0.3 is 9.84 Å². The number of carbonyl (C=O) groups excluding carboxylic acids is 3. The average Bonchev–Trinajstić information content (AvgIpc) is 3.25. The summed E-state index contributed by atoms with van der Waals surface area (Å²) in [4.78, 5) is 47.9. The summed E-state index contributed by atoms with van der Waals surface area (Å²) in [6, 6.07) is 7.27. The number of hydrogen-bond donors (Lipinski definition) is 2. The Bertz CT molecular complexity index is 1130. The lowest BCUT2D eigenvalue weighted by Gasteiger charge is -2.29. The Hall–Kier alpha value is -3.04. The number of ether oxygens (including phenoxy) is 1. The van der Waals surface area contributed by atoms with Crippen LogP contribution in [0.4, 0.5) is 13.2 Å². The van der Waals surface area contributed by atoms with E-state index in [-0.39, 0.29) is 18.0 Å². The second-order valence-electron chi connectivity index (χ2n) is 8.26. The first kappa shape index (κ1) is 29.2. The second kappa shape index (κ2) is 10.5. The summed E-state index contributed by atoms with van der Waals surface area (Å²) in [5.41, 5.74) is -1.42. The number of likely N-dealkylation sites (tertiary alicyclic amines) is 1. The number of fused-ring (bicyclic) bond motifs is 1. The number of likely N-dealkylation sites (N-methyl/N-ethyl adjacent to an activating group) is 1. The molecule has 11 nitrogen and oxygen atoms in total. The van der Waals surface area contributed by atoms with Crippen molar-refractivity contribution in [2.75, 3.05) is 27.2 Å². The van der Waals surface area contributed by atoms with Gasteiger partial charge in [0.15, 0.2) is 0 Å². The third-order valence-corrected chi connectivity index (χ3v) is 8.05. The van der Waals surface area contributed by atoms with Gasteiger partial charge in [-0.2, -0.15) is 17.5 Å². The van der Waals surface area contributed by atoms with Crippen molar-refractivity contribution in [2.24, 2.45) is 11.8 Å². The molecular weight excluding hydrogens is 511 g/mol. The minimum Gasteiger partial charge on any atom is -0.475 e. The summed E-state index contributed by atoms with van der Waals surface area (Å²) in [5.74, 6) is -6.13. The third kappa shape index (κ3) is 5.37. The highest BCUT2D eigenvalue weighted by Crippen LogP contribution is 2.43. The Balaban J connectivity index is 0.000000572. The van der Waals surface area contributed by atoms with Crippen molar-refractivity contribution in [1.29, 1.82) is 0 Å². The number of rotatable bonds is 6. The summed E-state index contributed by atoms with van der Waals surface area (Å²) >= 11 is 0. The number of aliphatic carboxylic acids is 1. The molecule has 1 aromatic carbocycles. The van der Waals surface area contributed by atoms with E-state index in [9.17, 15) is 36.0 Å². The molecule has 2 fully saturated rings. The fourth-order valence-corrected chi connectivity index (χ4v) is 5.82. The van der Waals surface area contributed by atoms with Gasteiger partial charge in [0.2, 0.25) is 21.8 Å². The number of carboxylic acids is 1. The maximum Gasteiger partial charge on any atom is 0.490 e. The molecule has 1 aromatic rings. The summed E-state index contributed by atoms with van der Waals surface area (Å²) in [5, 5.41) is 10.2. The van der Waals surface area contributed by atoms with Crippen LogP contribution in [0.15, 0.2) is 35.2 Å². The van der Waals surface area contributed by atoms with Gasteiger partial charge in [-0.3, -0.25) is 24.6 Å². The van der Waals surface area contributed by atoms with E-state index in [0.29, 0.717) is 0 Å². The molecule has 2 aliphatic heterocycles. The van der Waals surface area contributed by atoms with E-state index < -0.39 is 63.4 Å². The molecule has 0 aromatic heterocycles. The number of carboxylic acid groups (broad SMARTS) is 1. The topological polar surface area (TPSA) is 150 Å². The molecular formula is C21H26F3N3O8S. The lowest BCUT2D eigenvalue weighted by molar-refractivity contribution is -0.192. The van der Waals surface area contributed by atoms with Gasteiger partial charge >= 0.3 is 18.1 Å². The van der Waals surface area contributed by atoms with Crippen LogP contribution in [0.5, 0.6) is 0 Å². The number of hydrogen-bond acceptors (Lipinski definition) is 8. The third-order valence-electron chi connectivity index (χ3n) is 6.10. The number of halogens is 3. The monoisotopic (exact) mass is 537 g/mol. The van der Waals surface area contributed by atoms with Crippen LogP contribution in [-0.4, -0.2) is 91.5 Å². The predicted molar refractivity (Wildman–Crippen MR) is 117 cm³/mol. The maximum atomic E-state index is 13.0. The van der Waals surface area contributed by atoms with Crippen molar-refractivity contribution in [2.45, 2.75) is 36.5 Å². The number of imide groups is 1. The van der Waals surface area contributed by atoms with Crippen molar-refractivity contribution in [3.05, 3.63) is 30.3 Å². The van der Waals surface area contributed by atoms with Crippen molar-refractivity contribution in [3.63, 3.8) is 0 Å². The molecule has 15 heteroatoms. The largest absolute Gasteiger partial charge is 0.490 e. The standard InChI is InChI=1S/C19H25N3O6S.C2HF3O2/c1-5-22(29(26,27)12-9-7-6-8-10-12)11-13-14-15(17(24)21(3)16(14)23)19(2,20-13)18(25)28-4;3-2(4,5)1(6)7/h6-10,13-15,20H,5,11H2,1-4H3;(H,6,7)/t13-,14+,15-,19-;/m1./s1. The average molecular weight is 538 g/mol. The van der Waals surface area contributed by atoms with E-state index in [4.69, 9.17) is 14.6 Å². The molecule has 36 heavy (non-hydrogen) atoms. The van der Waals surface area contributed by atoms with Crippen LogP contribution in [0.2, 0.25) is 0 Å². The highest BCUT2D eigenvalue weighted by atomic mass is 32.2. The van der Waals surface area contributed by atoms with Gasteiger partial charge in [0, 0.05) is 26.2 Å². The zero-order valence-corrected chi connectivity index (χ0v) is 20.6. The Morgan fingerprint density at radius 1 is 1.19 bits per heavy atom. The number of methoxy groups -OCH3 is 1. The van der Waals surface area contributed by atoms with E-state index >= 15 is 0 Å². The smallest absolute Gasteiger partial charge is 0.475 e. The van der Waals surface area contributed by atoms with Crippen molar-refractivity contribution in [1.82, 2.24) is 14.5 Å². The van der Waals surface area contributed by atoms with Gasteiger partial charge in [-0.15, -0.1) is 0 Å². The van der Waals surface area contributed by atoms with E-state index in [2.05, 4.69) is 5.32 Å². The molecule has 0 saturated carbocycles. The molecule has 2 N–H and O–H groups in total. The van der Waals surface area contributed by atoms with Gasteiger partial charge in [0.25, 0.3) is 0 Å². The number of amides is 2. The van der Waals surface area contributed by atoms with Gasteiger partial charge in [0.1, 0.15) is 5.54 Å². The van der Waals surface area contributed by atoms with Crippen molar-refractivity contribution < 1.29 is 50.6 Å². The first-order valence-corrected chi connectivity index (χ1v) is 12.0. The quantitative estimate of drug-likeness (QED) is 0.390. The molecule has 4 atom stereocenters. The zero-order valence-electron chi connectivity index (χ0n) is 19.8. The summed E-state index contributed by atoms with van der Waals surface area (Å²) < 4.78 is 63.9. The number of alkyl halides is 3. The van der Waals surface area contributed by atoms with Crippen molar-refractivity contribution >= 4 is 33.8 Å². The molecule has 0 radical (unpaired) electrons. The lowest BCUT2D eigenvalue weighted by atomic mass is 9.81. The minimum atomic E-state index is -5.08. The van der Waals surface area contributed by atoms with E-state index in [1.54, 1.807) is 25.1 Å². The molecule has 2 amide bonds. The van der Waals surface area contributed by atoms with Crippen LogP contribution >= 0.6 is 0 Å². The molecule has 0 unspecified atom stereocenters. The lowest BCUT2D eigenvalue weighted by Crippen LogP contribution is -2.56. The van der Waals surface area contributed by atoms with Crippen LogP contribution in [0.3, 0.4) is 0 Å². The Morgan fingerprint density at radius 3 is 2.17 bits per heavy atom. The van der Waals surface area contributed by atoms with E-state index in [0.717, 1.165) is 4.90 Å². The Labute approximate surface area is 205 Å². The molecule has 2 saturated heterocycles. The van der Waals surface area contributed by atoms with E-state index in [1.807, 2.05) is 0 Å². The van der Waals surface area contributed by atoms with Gasteiger partial charge in [-0.1, -0.05) is 25.1 Å². The number of esters is 1. The summed E-state index contributed by atoms with van der Waals surface area (Å²) in [7, 11) is -1.23. The van der Waals surface area contributed by atoms with Crippen LogP contribution in [0, 0.1) is 11.8 Å². The highest BCUT2D eigenvalue weighted by molar-refractivity contribution is 7.89. The molecule has 0 aliphatic carbocycles. The number of nitrogens with one attached hydrogen (secondary N) is 1. The van der Waals surface area contributed by atoms with Crippen LogP contribution in [0.1, 0.15) is 13.8 Å². The highest BCUT2D eigenvalue weighted by Gasteiger charge is 2.66. The molecule has 2 aliphatic rings. The normalized spacial score (nSPS) is 25.9. The zero-order chi connectivity index (χ0) is 27.6. The fraction of sp³-hybridized carbons (Fsp3) is 0.524.